The second kappa shape index (κ2) is 8.64. The molecule has 2 unspecified atom stereocenters. The van der Waals surface area contributed by atoms with Gasteiger partial charge in [-0.05, 0) is 35.4 Å². The number of carbonyl (C=O) groups is 2. The fraction of sp³-hybridized carbons (Fsp3) is 0.286. The summed E-state index contributed by atoms with van der Waals surface area (Å²) in [4.78, 5) is 25.1. The summed E-state index contributed by atoms with van der Waals surface area (Å²) >= 11 is 0. The predicted molar refractivity (Wildman–Crippen MR) is 106 cm³/mol. The Hall–Kier alpha value is -3.55. The first-order chi connectivity index (χ1) is 13.9. The topological polar surface area (TPSA) is 110 Å². The number of aryl methyl sites for hydroxylation is 1. The molecule has 0 spiro atoms. The zero-order valence-corrected chi connectivity index (χ0v) is 16.3. The second-order valence-electron chi connectivity index (χ2n) is 7.10. The molecule has 1 aromatic heterocycles. The van der Waals surface area contributed by atoms with Crippen LogP contribution in [0.25, 0.3) is 0 Å². The monoisotopic (exact) mass is 393 g/mol. The molecule has 2 aromatic carbocycles. The van der Waals surface area contributed by atoms with E-state index in [1.54, 1.807) is 38.1 Å². The van der Waals surface area contributed by atoms with Gasteiger partial charge in [0.05, 0.1) is 0 Å². The van der Waals surface area contributed by atoms with E-state index in [9.17, 15) is 14.7 Å². The Kier molecular flexibility index (Phi) is 6.01. The van der Waals surface area contributed by atoms with Crippen molar-refractivity contribution in [2.75, 3.05) is 6.54 Å². The van der Waals surface area contributed by atoms with Crippen molar-refractivity contribution in [3.05, 3.63) is 77.6 Å². The van der Waals surface area contributed by atoms with Crippen LogP contribution in [0.2, 0.25) is 0 Å². The largest absolute Gasteiger partial charge is 0.481 e. The van der Waals surface area contributed by atoms with Gasteiger partial charge in [-0.25, -0.2) is 4.68 Å². The Labute approximate surface area is 168 Å². The summed E-state index contributed by atoms with van der Waals surface area (Å²) in [7, 11) is 0. The lowest BCUT2D eigenvalue weighted by Crippen LogP contribution is -2.46. The first-order valence-corrected chi connectivity index (χ1v) is 9.27. The molecule has 2 N–H and O–H groups in total. The van der Waals surface area contributed by atoms with Crippen LogP contribution in [0.5, 0.6) is 0 Å². The molecule has 8 nitrogen and oxygen atoms in total. The molecule has 150 valence electrons. The van der Waals surface area contributed by atoms with E-state index < -0.39 is 17.4 Å². The number of nitrogens with zero attached hydrogens (tertiary/aromatic N) is 4. The lowest BCUT2D eigenvalue weighted by molar-refractivity contribution is -0.143. The van der Waals surface area contributed by atoms with Gasteiger partial charge < -0.3 is 10.4 Å². The first-order valence-electron chi connectivity index (χ1n) is 9.27. The molecule has 0 radical (unpaired) electrons. The summed E-state index contributed by atoms with van der Waals surface area (Å²) in [6.07, 6.45) is 0.383. The number of rotatable bonds is 8. The fourth-order valence-electron chi connectivity index (χ4n) is 3.14. The highest BCUT2D eigenvalue weighted by atomic mass is 16.4. The number of nitrogens with one attached hydrogen (secondary N) is 1. The van der Waals surface area contributed by atoms with Gasteiger partial charge in [-0.1, -0.05) is 60.7 Å². The van der Waals surface area contributed by atoms with Crippen molar-refractivity contribution in [3.63, 3.8) is 0 Å². The van der Waals surface area contributed by atoms with Crippen molar-refractivity contribution in [1.29, 1.82) is 0 Å². The molecule has 1 heterocycles. The molecule has 0 aliphatic rings. The average molecular weight is 393 g/mol. The second-order valence-corrected chi connectivity index (χ2v) is 7.10. The number of amides is 1. The van der Waals surface area contributed by atoms with E-state index in [1.807, 2.05) is 36.4 Å². The molecule has 2 atom stereocenters. The van der Waals surface area contributed by atoms with Gasteiger partial charge in [0.2, 0.25) is 5.91 Å². The van der Waals surface area contributed by atoms with Crippen LogP contribution in [-0.4, -0.2) is 43.7 Å². The van der Waals surface area contributed by atoms with Gasteiger partial charge in [0.1, 0.15) is 17.3 Å². The van der Waals surface area contributed by atoms with Crippen LogP contribution >= 0.6 is 0 Å². The standard InChI is InChI=1S/C21H23N5O3/c1-15-23-24-25-26(15)18(13-16-9-5-3-6-10-16)19(27)22-14-21(2,20(28)29)17-11-7-4-8-12-17/h3-12,18H,13-14H2,1-2H3,(H,22,27)(H,28,29). The van der Waals surface area contributed by atoms with Crippen molar-refractivity contribution < 1.29 is 14.7 Å². The van der Waals surface area contributed by atoms with Crippen LogP contribution in [0.4, 0.5) is 0 Å². The molecule has 8 heteroatoms. The van der Waals surface area contributed by atoms with Crippen molar-refractivity contribution in [1.82, 2.24) is 25.5 Å². The lowest BCUT2D eigenvalue weighted by Gasteiger charge is -2.27. The molecular weight excluding hydrogens is 370 g/mol. The van der Waals surface area contributed by atoms with Crippen molar-refractivity contribution >= 4 is 11.9 Å². The Morgan fingerprint density at radius 1 is 1.10 bits per heavy atom. The van der Waals surface area contributed by atoms with Crippen LogP contribution < -0.4 is 5.32 Å². The molecule has 0 bridgehead atoms. The van der Waals surface area contributed by atoms with Crippen LogP contribution in [-0.2, 0) is 21.4 Å². The van der Waals surface area contributed by atoms with Gasteiger partial charge in [0.25, 0.3) is 0 Å². The third-order valence-electron chi connectivity index (χ3n) is 5.03. The van der Waals surface area contributed by atoms with E-state index in [0.717, 1.165) is 5.56 Å². The number of aromatic nitrogens is 4. The average Bonchev–Trinajstić information content (AvgIpc) is 3.16. The highest BCUT2D eigenvalue weighted by Crippen LogP contribution is 2.24. The minimum absolute atomic E-state index is 0.0579. The molecule has 0 aliphatic heterocycles. The first kappa shape index (κ1) is 20.2. The predicted octanol–water partition coefficient (Wildman–Crippen LogP) is 1.92. The maximum atomic E-state index is 13.1. The quantitative estimate of drug-likeness (QED) is 0.605. The maximum absolute atomic E-state index is 13.1. The lowest BCUT2D eigenvalue weighted by atomic mass is 9.82. The Balaban J connectivity index is 1.82. The third-order valence-corrected chi connectivity index (χ3v) is 5.03. The summed E-state index contributed by atoms with van der Waals surface area (Å²) in [5.74, 6) is -0.847. The Bertz CT molecular complexity index is 974. The molecule has 3 aromatic rings. The van der Waals surface area contributed by atoms with E-state index in [4.69, 9.17) is 0 Å². The van der Waals surface area contributed by atoms with Gasteiger partial charge >= 0.3 is 5.97 Å². The van der Waals surface area contributed by atoms with Crippen LogP contribution in [0, 0.1) is 6.92 Å². The summed E-state index contributed by atoms with van der Waals surface area (Å²) in [5, 5.41) is 24.1. The van der Waals surface area contributed by atoms with Crippen LogP contribution in [0.3, 0.4) is 0 Å². The van der Waals surface area contributed by atoms with E-state index in [0.29, 0.717) is 17.8 Å². The summed E-state index contributed by atoms with van der Waals surface area (Å²) in [5.41, 5.74) is 0.307. The number of carboxylic acid groups (broad SMARTS) is 1. The highest BCUT2D eigenvalue weighted by Gasteiger charge is 2.36. The summed E-state index contributed by atoms with van der Waals surface area (Å²) < 4.78 is 1.46. The van der Waals surface area contributed by atoms with Gasteiger partial charge in [-0.3, -0.25) is 9.59 Å². The molecule has 0 aliphatic carbocycles. The Morgan fingerprint density at radius 2 is 1.72 bits per heavy atom. The molecule has 29 heavy (non-hydrogen) atoms. The molecule has 0 fully saturated rings. The Morgan fingerprint density at radius 3 is 2.28 bits per heavy atom. The SMILES string of the molecule is Cc1nnnn1C(Cc1ccccc1)C(=O)NCC(C)(C(=O)O)c1ccccc1. The van der Waals surface area contributed by atoms with Crippen molar-refractivity contribution in [2.45, 2.75) is 31.7 Å². The van der Waals surface area contributed by atoms with Gasteiger partial charge in [-0.15, -0.1) is 5.10 Å². The third kappa shape index (κ3) is 4.48. The zero-order chi connectivity index (χ0) is 20.9. The number of tetrazole rings is 1. The fourth-order valence-corrected chi connectivity index (χ4v) is 3.14. The number of hydrogen-bond donors (Lipinski definition) is 2. The van der Waals surface area contributed by atoms with Gasteiger partial charge in [-0.2, -0.15) is 0 Å². The van der Waals surface area contributed by atoms with E-state index >= 15 is 0 Å². The number of carbonyl (C=O) groups excluding carboxylic acids is 1. The number of hydrogen-bond acceptors (Lipinski definition) is 5. The van der Waals surface area contributed by atoms with E-state index in [1.165, 1.54) is 4.68 Å². The minimum atomic E-state index is -1.26. The van der Waals surface area contributed by atoms with Crippen molar-refractivity contribution in [3.8, 4) is 0 Å². The smallest absolute Gasteiger partial charge is 0.315 e. The molecule has 1 amide bonds. The minimum Gasteiger partial charge on any atom is -0.481 e. The van der Waals surface area contributed by atoms with Crippen LogP contribution in [0.15, 0.2) is 60.7 Å². The molecular formula is C21H23N5O3. The van der Waals surface area contributed by atoms with E-state index in [-0.39, 0.29) is 12.5 Å². The summed E-state index contributed by atoms with van der Waals surface area (Å²) in [6, 6.07) is 17.7. The highest BCUT2D eigenvalue weighted by molar-refractivity contribution is 5.84. The maximum Gasteiger partial charge on any atom is 0.315 e. The molecule has 0 saturated heterocycles. The number of benzene rings is 2. The molecule has 3 rings (SSSR count). The number of aliphatic carboxylic acids is 1. The normalized spacial score (nSPS) is 14.0. The van der Waals surface area contributed by atoms with E-state index in [2.05, 4.69) is 20.8 Å². The summed E-state index contributed by atoms with van der Waals surface area (Å²) in [6.45, 7) is 3.26. The molecule has 0 saturated carbocycles. The van der Waals surface area contributed by atoms with Crippen molar-refractivity contribution in [2.24, 2.45) is 0 Å². The van der Waals surface area contributed by atoms with Crippen LogP contribution in [0.1, 0.15) is 29.9 Å². The number of carboxylic acids is 1. The van der Waals surface area contributed by atoms with Gasteiger partial charge in [0.15, 0.2) is 0 Å². The van der Waals surface area contributed by atoms with Gasteiger partial charge in [0, 0.05) is 13.0 Å². The zero-order valence-electron chi connectivity index (χ0n) is 16.3.